The van der Waals surface area contributed by atoms with Crippen molar-refractivity contribution in [3.05, 3.63) is 34.9 Å². The summed E-state index contributed by atoms with van der Waals surface area (Å²) in [5.74, 6) is -2.51. The van der Waals surface area contributed by atoms with Gasteiger partial charge in [-0.1, -0.05) is 22.0 Å². The summed E-state index contributed by atoms with van der Waals surface area (Å²) >= 11 is 2.91. The number of alkyl halides is 1. The molecule has 70 valence electrons. The number of ketones is 1. The SMILES string of the molecule is Cc1ccc(F)c(F)c1C(=O)CBr. The van der Waals surface area contributed by atoms with Crippen LogP contribution in [-0.2, 0) is 0 Å². The van der Waals surface area contributed by atoms with Gasteiger partial charge < -0.3 is 0 Å². The third-order valence-electron chi connectivity index (χ3n) is 1.70. The van der Waals surface area contributed by atoms with Gasteiger partial charge in [-0.3, -0.25) is 4.79 Å². The summed E-state index contributed by atoms with van der Waals surface area (Å²) < 4.78 is 25.8. The normalized spacial score (nSPS) is 10.2. The van der Waals surface area contributed by atoms with Crippen molar-refractivity contribution in [2.45, 2.75) is 6.92 Å². The highest BCUT2D eigenvalue weighted by atomic mass is 79.9. The van der Waals surface area contributed by atoms with Crippen LogP contribution in [0.3, 0.4) is 0 Å². The number of benzene rings is 1. The first-order valence-electron chi connectivity index (χ1n) is 3.61. The van der Waals surface area contributed by atoms with Crippen LogP contribution < -0.4 is 0 Å². The predicted molar refractivity (Wildman–Crippen MR) is 49.2 cm³/mol. The monoisotopic (exact) mass is 248 g/mol. The average Bonchev–Trinajstić information content (AvgIpc) is 2.12. The Kier molecular flexibility index (Phi) is 3.14. The van der Waals surface area contributed by atoms with E-state index in [0.717, 1.165) is 6.07 Å². The Morgan fingerprint density at radius 3 is 2.62 bits per heavy atom. The third-order valence-corrected chi connectivity index (χ3v) is 2.21. The molecule has 0 bridgehead atoms. The molecule has 0 fully saturated rings. The zero-order valence-electron chi connectivity index (χ0n) is 6.90. The molecule has 0 saturated heterocycles. The topological polar surface area (TPSA) is 17.1 Å². The summed E-state index contributed by atoms with van der Waals surface area (Å²) in [5.41, 5.74) is 0.278. The Labute approximate surface area is 82.9 Å². The largest absolute Gasteiger partial charge is 0.293 e. The maximum atomic E-state index is 13.1. The highest BCUT2D eigenvalue weighted by Gasteiger charge is 2.16. The minimum Gasteiger partial charge on any atom is -0.293 e. The number of rotatable bonds is 2. The Hall–Kier alpha value is -0.770. The molecule has 0 atom stereocenters. The molecule has 0 N–H and O–H groups in total. The van der Waals surface area contributed by atoms with Crippen molar-refractivity contribution in [2.75, 3.05) is 5.33 Å². The van der Waals surface area contributed by atoms with Crippen molar-refractivity contribution in [2.24, 2.45) is 0 Å². The van der Waals surface area contributed by atoms with Crippen LogP contribution in [0.5, 0.6) is 0 Å². The molecule has 1 rings (SSSR count). The molecule has 0 unspecified atom stereocenters. The number of Topliss-reactive ketones (excluding diaryl/α,β-unsaturated/α-hetero) is 1. The van der Waals surface area contributed by atoms with Gasteiger partial charge in [0.15, 0.2) is 17.4 Å². The van der Waals surface area contributed by atoms with E-state index in [1.807, 2.05) is 0 Å². The fraction of sp³-hybridized carbons (Fsp3) is 0.222. The lowest BCUT2D eigenvalue weighted by molar-refractivity contribution is 0.101. The molecule has 0 spiro atoms. The van der Waals surface area contributed by atoms with Crippen LogP contribution in [0.15, 0.2) is 12.1 Å². The lowest BCUT2D eigenvalue weighted by Gasteiger charge is -2.04. The quantitative estimate of drug-likeness (QED) is 0.581. The first-order chi connectivity index (χ1) is 6.07. The first-order valence-corrected chi connectivity index (χ1v) is 4.74. The van der Waals surface area contributed by atoms with Crippen molar-refractivity contribution in [1.82, 2.24) is 0 Å². The zero-order chi connectivity index (χ0) is 10.0. The summed E-state index contributed by atoms with van der Waals surface area (Å²) in [4.78, 5) is 11.2. The number of carbonyl (C=O) groups is 1. The molecule has 0 aromatic heterocycles. The van der Waals surface area contributed by atoms with Gasteiger partial charge in [0.1, 0.15) is 0 Å². The lowest BCUT2D eigenvalue weighted by Crippen LogP contribution is -2.07. The molecular weight excluding hydrogens is 242 g/mol. The van der Waals surface area contributed by atoms with Crippen LogP contribution in [0.1, 0.15) is 15.9 Å². The van der Waals surface area contributed by atoms with Crippen LogP contribution >= 0.6 is 15.9 Å². The van der Waals surface area contributed by atoms with Gasteiger partial charge in [0.05, 0.1) is 10.9 Å². The highest BCUT2D eigenvalue weighted by Crippen LogP contribution is 2.17. The fourth-order valence-corrected chi connectivity index (χ4v) is 1.34. The van der Waals surface area contributed by atoms with Crippen LogP contribution in [0.2, 0.25) is 0 Å². The van der Waals surface area contributed by atoms with E-state index in [2.05, 4.69) is 15.9 Å². The number of hydrogen-bond donors (Lipinski definition) is 0. The Morgan fingerprint density at radius 2 is 2.08 bits per heavy atom. The fourth-order valence-electron chi connectivity index (χ4n) is 1.06. The molecule has 13 heavy (non-hydrogen) atoms. The van der Waals surface area contributed by atoms with Crippen LogP contribution in [0, 0.1) is 18.6 Å². The molecule has 0 saturated carbocycles. The van der Waals surface area contributed by atoms with Gasteiger partial charge in [-0.15, -0.1) is 0 Å². The van der Waals surface area contributed by atoms with E-state index >= 15 is 0 Å². The Balaban J connectivity index is 3.33. The molecule has 0 amide bonds. The van der Waals surface area contributed by atoms with Crippen molar-refractivity contribution < 1.29 is 13.6 Å². The summed E-state index contributed by atoms with van der Waals surface area (Å²) in [5, 5.41) is -0.00574. The summed E-state index contributed by atoms with van der Waals surface area (Å²) in [6.07, 6.45) is 0. The van der Waals surface area contributed by atoms with Gasteiger partial charge in [-0.2, -0.15) is 0 Å². The van der Waals surface area contributed by atoms with Crippen molar-refractivity contribution in [3.8, 4) is 0 Å². The smallest absolute Gasteiger partial charge is 0.176 e. The molecule has 4 heteroatoms. The minimum absolute atomic E-state index is 0.00574. The van der Waals surface area contributed by atoms with Gasteiger partial charge in [-0.25, -0.2) is 8.78 Å². The summed E-state index contributed by atoms with van der Waals surface area (Å²) in [6.45, 7) is 1.57. The lowest BCUT2D eigenvalue weighted by atomic mass is 10.0. The van der Waals surface area contributed by atoms with E-state index in [1.54, 1.807) is 6.92 Å². The minimum atomic E-state index is -1.07. The van der Waals surface area contributed by atoms with E-state index in [0.29, 0.717) is 5.56 Å². The van der Waals surface area contributed by atoms with E-state index in [1.165, 1.54) is 6.07 Å². The molecule has 1 aromatic carbocycles. The maximum Gasteiger partial charge on any atom is 0.176 e. The molecule has 1 nitrogen and oxygen atoms in total. The van der Waals surface area contributed by atoms with Gasteiger partial charge in [0.2, 0.25) is 0 Å². The van der Waals surface area contributed by atoms with E-state index < -0.39 is 17.4 Å². The second-order valence-electron chi connectivity index (χ2n) is 2.61. The van der Waals surface area contributed by atoms with Crippen LogP contribution in [0.4, 0.5) is 8.78 Å². The number of carbonyl (C=O) groups excluding carboxylic acids is 1. The average molecular weight is 249 g/mol. The highest BCUT2D eigenvalue weighted by molar-refractivity contribution is 9.09. The number of halogens is 3. The van der Waals surface area contributed by atoms with Crippen molar-refractivity contribution in [1.29, 1.82) is 0 Å². The van der Waals surface area contributed by atoms with Crippen LogP contribution in [-0.4, -0.2) is 11.1 Å². The second-order valence-corrected chi connectivity index (χ2v) is 3.17. The van der Waals surface area contributed by atoms with Crippen molar-refractivity contribution >= 4 is 21.7 Å². The Bertz CT molecular complexity index is 350. The zero-order valence-corrected chi connectivity index (χ0v) is 8.49. The molecular formula is C9H7BrF2O. The van der Waals surface area contributed by atoms with E-state index in [-0.39, 0.29) is 10.9 Å². The standard InChI is InChI=1S/C9H7BrF2O/c1-5-2-3-6(11)9(12)8(5)7(13)4-10/h2-3H,4H2,1H3. The number of hydrogen-bond acceptors (Lipinski definition) is 1. The summed E-state index contributed by atoms with van der Waals surface area (Å²) in [7, 11) is 0. The summed E-state index contributed by atoms with van der Waals surface area (Å²) in [6, 6.07) is 2.39. The van der Waals surface area contributed by atoms with Crippen molar-refractivity contribution in [3.63, 3.8) is 0 Å². The molecule has 0 aliphatic rings. The van der Waals surface area contributed by atoms with Gasteiger partial charge >= 0.3 is 0 Å². The molecule has 1 aromatic rings. The van der Waals surface area contributed by atoms with Gasteiger partial charge in [-0.05, 0) is 18.6 Å². The molecule has 0 heterocycles. The van der Waals surface area contributed by atoms with Crippen LogP contribution in [0.25, 0.3) is 0 Å². The Morgan fingerprint density at radius 1 is 1.46 bits per heavy atom. The maximum absolute atomic E-state index is 13.1. The second kappa shape index (κ2) is 3.96. The number of aryl methyl sites for hydroxylation is 1. The van der Waals surface area contributed by atoms with E-state index in [4.69, 9.17) is 0 Å². The van der Waals surface area contributed by atoms with Gasteiger partial charge in [0.25, 0.3) is 0 Å². The van der Waals surface area contributed by atoms with Gasteiger partial charge in [0, 0.05) is 0 Å². The molecule has 0 radical (unpaired) electrons. The first kappa shape index (κ1) is 10.3. The third kappa shape index (κ3) is 1.94. The molecule has 0 aliphatic heterocycles. The predicted octanol–water partition coefficient (Wildman–Crippen LogP) is 2.85. The van der Waals surface area contributed by atoms with E-state index in [9.17, 15) is 13.6 Å². The molecule has 0 aliphatic carbocycles.